The van der Waals surface area contributed by atoms with E-state index in [2.05, 4.69) is 15.0 Å². The zero-order valence-electron chi connectivity index (χ0n) is 10.4. The number of rotatable bonds is 5. The Bertz CT molecular complexity index is 408. The number of carbonyl (C=O) groups is 2. The van der Waals surface area contributed by atoms with Gasteiger partial charge in [0.1, 0.15) is 0 Å². The molecule has 0 saturated carbocycles. The fraction of sp³-hybridized carbons (Fsp3) is 0.417. The Morgan fingerprint density at radius 2 is 2.22 bits per heavy atom. The molecule has 1 unspecified atom stereocenters. The van der Waals surface area contributed by atoms with Crippen LogP contribution < -0.4 is 11.1 Å². The molecule has 0 saturated heterocycles. The van der Waals surface area contributed by atoms with Crippen LogP contribution >= 0.6 is 0 Å². The number of amides is 1. The minimum Gasteiger partial charge on any atom is -0.464 e. The first-order valence-corrected chi connectivity index (χ1v) is 5.69. The maximum atomic E-state index is 11.7. The van der Waals surface area contributed by atoms with E-state index in [1.54, 1.807) is 32.2 Å². The quantitative estimate of drug-likeness (QED) is 0.574. The van der Waals surface area contributed by atoms with E-state index in [-0.39, 0.29) is 12.6 Å². The summed E-state index contributed by atoms with van der Waals surface area (Å²) in [6, 6.07) is 3.75. The van der Waals surface area contributed by atoms with E-state index in [0.717, 1.165) is 0 Å². The number of nitrogens with one attached hydrogen (secondary N) is 1. The molecule has 18 heavy (non-hydrogen) atoms. The lowest BCUT2D eigenvalue weighted by molar-refractivity contribution is -0.148. The molecule has 0 aliphatic carbocycles. The van der Waals surface area contributed by atoms with Crippen molar-refractivity contribution in [1.82, 2.24) is 10.3 Å². The van der Waals surface area contributed by atoms with Crippen LogP contribution in [0, 0.1) is 0 Å². The van der Waals surface area contributed by atoms with Gasteiger partial charge >= 0.3 is 5.97 Å². The summed E-state index contributed by atoms with van der Waals surface area (Å²) in [5, 5.41) is 2.61. The van der Waals surface area contributed by atoms with Crippen LogP contribution in [0.5, 0.6) is 0 Å². The highest BCUT2D eigenvalue weighted by Crippen LogP contribution is 2.07. The van der Waals surface area contributed by atoms with E-state index < -0.39 is 17.9 Å². The zero-order valence-corrected chi connectivity index (χ0v) is 10.4. The molecule has 6 heteroatoms. The van der Waals surface area contributed by atoms with Gasteiger partial charge in [0.05, 0.1) is 18.3 Å². The predicted molar refractivity (Wildman–Crippen MR) is 65.4 cm³/mol. The van der Waals surface area contributed by atoms with Crippen molar-refractivity contribution in [2.24, 2.45) is 5.73 Å². The normalized spacial score (nSPS) is 13.5. The Labute approximate surface area is 106 Å². The molecule has 1 aromatic rings. The molecule has 3 N–H and O–H groups in total. The first-order chi connectivity index (χ1) is 8.56. The van der Waals surface area contributed by atoms with Crippen LogP contribution in [0.1, 0.15) is 25.6 Å². The van der Waals surface area contributed by atoms with Gasteiger partial charge in [0, 0.05) is 6.20 Å². The highest BCUT2D eigenvalue weighted by Gasteiger charge is 2.24. The average molecular weight is 251 g/mol. The van der Waals surface area contributed by atoms with Gasteiger partial charge in [-0.1, -0.05) is 6.07 Å². The number of hydrogen-bond acceptors (Lipinski definition) is 5. The molecular weight excluding hydrogens is 234 g/mol. The van der Waals surface area contributed by atoms with Gasteiger partial charge in [-0.25, -0.2) is 4.79 Å². The van der Waals surface area contributed by atoms with Crippen molar-refractivity contribution in [2.75, 3.05) is 6.61 Å². The number of hydrogen-bond donors (Lipinski definition) is 2. The van der Waals surface area contributed by atoms with Crippen LogP contribution in [0.3, 0.4) is 0 Å². The van der Waals surface area contributed by atoms with E-state index in [0.29, 0.717) is 5.69 Å². The molecule has 0 fully saturated rings. The van der Waals surface area contributed by atoms with E-state index in [4.69, 9.17) is 5.73 Å². The Hall–Kier alpha value is -1.95. The van der Waals surface area contributed by atoms with Crippen LogP contribution in [0.4, 0.5) is 0 Å². The van der Waals surface area contributed by atoms with E-state index in [1.165, 1.54) is 0 Å². The predicted octanol–water partition coefficient (Wildman–Crippen LogP) is 0.149. The zero-order chi connectivity index (χ0) is 13.5. The van der Waals surface area contributed by atoms with Crippen LogP contribution in [0.2, 0.25) is 0 Å². The summed E-state index contributed by atoms with van der Waals surface area (Å²) in [6.45, 7) is 3.60. The van der Waals surface area contributed by atoms with E-state index in [1.807, 2.05) is 6.07 Å². The van der Waals surface area contributed by atoms with E-state index in [9.17, 15) is 9.59 Å². The fourth-order valence-electron chi connectivity index (χ4n) is 1.35. The topological polar surface area (TPSA) is 94.3 Å². The van der Waals surface area contributed by atoms with Gasteiger partial charge in [-0.15, -0.1) is 0 Å². The number of esters is 1. The molecule has 0 spiro atoms. The van der Waals surface area contributed by atoms with Crippen LogP contribution in [-0.4, -0.2) is 29.5 Å². The van der Waals surface area contributed by atoms with Gasteiger partial charge in [-0.3, -0.25) is 9.78 Å². The maximum Gasteiger partial charge on any atom is 0.332 e. The largest absolute Gasteiger partial charge is 0.464 e. The average Bonchev–Trinajstić information content (AvgIpc) is 2.39. The lowest BCUT2D eigenvalue weighted by atomic mass is 10.2. The minimum absolute atomic E-state index is 0.190. The summed E-state index contributed by atoms with van der Waals surface area (Å²) in [5.74, 6) is -1.31. The molecule has 2 atom stereocenters. The van der Waals surface area contributed by atoms with E-state index >= 15 is 0 Å². The van der Waals surface area contributed by atoms with Crippen molar-refractivity contribution >= 4 is 11.9 Å². The lowest BCUT2D eigenvalue weighted by Crippen LogP contribution is -2.47. The highest BCUT2D eigenvalue weighted by molar-refractivity contribution is 6.01. The second kappa shape index (κ2) is 6.70. The monoisotopic (exact) mass is 251 g/mol. The number of ether oxygens (including phenoxy) is 1. The van der Waals surface area contributed by atoms with Crippen molar-refractivity contribution in [1.29, 1.82) is 0 Å². The Morgan fingerprint density at radius 1 is 1.50 bits per heavy atom. The van der Waals surface area contributed by atoms with Crippen LogP contribution in [-0.2, 0) is 14.3 Å². The van der Waals surface area contributed by atoms with Gasteiger partial charge in [0.25, 0.3) is 0 Å². The molecular formula is C12H17N3O3. The summed E-state index contributed by atoms with van der Waals surface area (Å²) in [7, 11) is 0. The third-order valence-electron chi connectivity index (χ3n) is 2.31. The number of pyridine rings is 1. The minimum atomic E-state index is -1.31. The molecule has 1 amide bonds. The molecule has 98 valence electrons. The second-order valence-corrected chi connectivity index (χ2v) is 3.71. The molecule has 0 aliphatic heterocycles. The molecule has 0 aliphatic rings. The van der Waals surface area contributed by atoms with Crippen molar-refractivity contribution in [3.8, 4) is 0 Å². The van der Waals surface area contributed by atoms with Gasteiger partial charge in [0.15, 0.2) is 6.04 Å². The third-order valence-corrected chi connectivity index (χ3v) is 2.31. The van der Waals surface area contributed by atoms with Crippen molar-refractivity contribution in [2.45, 2.75) is 25.9 Å². The van der Waals surface area contributed by atoms with Gasteiger partial charge in [0.2, 0.25) is 5.91 Å². The van der Waals surface area contributed by atoms with Crippen LogP contribution in [0.15, 0.2) is 24.4 Å². The first-order valence-electron chi connectivity index (χ1n) is 5.69. The summed E-state index contributed by atoms with van der Waals surface area (Å²) in [6.07, 6.45) is 1.63. The van der Waals surface area contributed by atoms with Gasteiger partial charge in [-0.2, -0.15) is 0 Å². The summed E-state index contributed by atoms with van der Waals surface area (Å²) < 4.78 is 4.67. The first kappa shape index (κ1) is 14.1. The third kappa shape index (κ3) is 3.81. The molecule has 1 rings (SSSR count). The molecule has 0 aromatic carbocycles. The SMILES string of the molecule is CCOC(=O)C(N)C(=O)N[C@@H](C)c1ccccn1. The summed E-state index contributed by atoms with van der Waals surface area (Å²) in [5.41, 5.74) is 6.16. The molecule has 1 aromatic heterocycles. The Morgan fingerprint density at radius 3 is 2.78 bits per heavy atom. The van der Waals surface area contributed by atoms with Crippen LogP contribution in [0.25, 0.3) is 0 Å². The van der Waals surface area contributed by atoms with Crippen molar-refractivity contribution < 1.29 is 14.3 Å². The summed E-state index contributed by atoms with van der Waals surface area (Å²) >= 11 is 0. The fourth-order valence-corrected chi connectivity index (χ4v) is 1.35. The number of nitrogens with zero attached hydrogens (tertiary/aromatic N) is 1. The molecule has 6 nitrogen and oxygen atoms in total. The maximum absolute atomic E-state index is 11.7. The number of aromatic nitrogens is 1. The lowest BCUT2D eigenvalue weighted by Gasteiger charge is -2.16. The molecule has 1 heterocycles. The second-order valence-electron chi connectivity index (χ2n) is 3.71. The van der Waals surface area contributed by atoms with Gasteiger partial charge in [-0.05, 0) is 26.0 Å². The number of nitrogens with two attached hydrogens (primary N) is 1. The summed E-state index contributed by atoms with van der Waals surface area (Å²) in [4.78, 5) is 27.1. The smallest absolute Gasteiger partial charge is 0.332 e. The van der Waals surface area contributed by atoms with Crippen molar-refractivity contribution in [3.63, 3.8) is 0 Å². The Kier molecular flexibility index (Phi) is 5.26. The van der Waals surface area contributed by atoms with Gasteiger partial charge < -0.3 is 15.8 Å². The standard InChI is InChI=1S/C12H17N3O3/c1-3-18-12(17)10(13)11(16)15-8(2)9-6-4-5-7-14-9/h4-8,10H,3,13H2,1-2H3,(H,15,16)/t8-,10?/m0/s1. The molecule has 0 bridgehead atoms. The number of carbonyl (C=O) groups excluding carboxylic acids is 2. The Balaban J connectivity index is 2.57. The van der Waals surface area contributed by atoms with Crippen molar-refractivity contribution in [3.05, 3.63) is 30.1 Å². The molecule has 0 radical (unpaired) electrons. The highest BCUT2D eigenvalue weighted by atomic mass is 16.5.